The van der Waals surface area contributed by atoms with Crippen molar-refractivity contribution in [2.45, 2.75) is 26.3 Å². The Morgan fingerprint density at radius 2 is 1.68 bits per heavy atom. The molecule has 2 N–H and O–H groups in total. The molecule has 0 unspecified atom stereocenters. The maximum Gasteiger partial charge on any atom is 0.238 e. The number of anilines is 1. The van der Waals surface area contributed by atoms with Crippen molar-refractivity contribution in [3.8, 4) is 0 Å². The highest BCUT2D eigenvalue weighted by atomic mass is 19.1. The van der Waals surface area contributed by atoms with Crippen LogP contribution in [0.2, 0.25) is 0 Å². The number of carbonyl (C=O) groups excluding carboxylic acids is 2. The summed E-state index contributed by atoms with van der Waals surface area (Å²) in [5.74, 6) is -0.429. The second-order valence-corrected chi connectivity index (χ2v) is 7.39. The number of halogens is 1. The third kappa shape index (κ3) is 7.48. The predicted molar refractivity (Wildman–Crippen MR) is 109 cm³/mol. The molecule has 0 heterocycles. The van der Waals surface area contributed by atoms with Crippen molar-refractivity contribution in [3.63, 3.8) is 0 Å². The van der Waals surface area contributed by atoms with Crippen LogP contribution in [0.1, 0.15) is 31.9 Å². The van der Waals surface area contributed by atoms with Crippen molar-refractivity contribution >= 4 is 17.5 Å². The molecule has 0 fully saturated rings. The molecule has 28 heavy (non-hydrogen) atoms. The van der Waals surface area contributed by atoms with E-state index >= 15 is 0 Å². The van der Waals surface area contributed by atoms with Gasteiger partial charge in [-0.2, -0.15) is 0 Å². The Hall–Kier alpha value is -2.73. The Morgan fingerprint density at radius 3 is 2.32 bits per heavy atom. The second kappa shape index (κ2) is 10.6. The number of hydrogen-bond acceptors (Lipinski definition) is 3. The zero-order chi connectivity index (χ0) is 20.5. The fourth-order valence-corrected chi connectivity index (χ4v) is 2.99. The van der Waals surface area contributed by atoms with Crippen LogP contribution in [0.4, 0.5) is 10.1 Å². The van der Waals surface area contributed by atoms with E-state index in [0.717, 1.165) is 12.0 Å². The van der Waals surface area contributed by atoms with Crippen LogP contribution in [0.5, 0.6) is 0 Å². The molecule has 0 aliphatic rings. The number of nitrogens with zero attached hydrogens (tertiary/aromatic N) is 1. The van der Waals surface area contributed by atoms with Gasteiger partial charge in [0, 0.05) is 5.69 Å². The van der Waals surface area contributed by atoms with E-state index in [4.69, 9.17) is 0 Å². The average molecular weight is 385 g/mol. The van der Waals surface area contributed by atoms with Gasteiger partial charge in [-0.3, -0.25) is 14.5 Å². The first kappa shape index (κ1) is 21.6. The first-order valence-corrected chi connectivity index (χ1v) is 9.41. The van der Waals surface area contributed by atoms with Crippen molar-refractivity contribution in [3.05, 3.63) is 66.0 Å². The van der Waals surface area contributed by atoms with Gasteiger partial charge in [-0.1, -0.05) is 50.2 Å². The summed E-state index contributed by atoms with van der Waals surface area (Å²) in [4.78, 5) is 26.2. The monoisotopic (exact) mass is 385 g/mol. The molecule has 1 atom stereocenters. The van der Waals surface area contributed by atoms with E-state index in [-0.39, 0.29) is 30.9 Å². The molecule has 5 nitrogen and oxygen atoms in total. The summed E-state index contributed by atoms with van der Waals surface area (Å²) in [7, 11) is 1.70. The summed E-state index contributed by atoms with van der Waals surface area (Å²) in [5.41, 5.74) is 1.46. The van der Waals surface area contributed by atoms with Gasteiger partial charge in [0.25, 0.3) is 0 Å². The molecule has 0 saturated carbocycles. The van der Waals surface area contributed by atoms with Crippen molar-refractivity contribution in [1.82, 2.24) is 10.2 Å². The molecule has 0 spiro atoms. The maximum absolute atomic E-state index is 13.2. The van der Waals surface area contributed by atoms with E-state index in [1.54, 1.807) is 18.0 Å². The smallest absolute Gasteiger partial charge is 0.238 e. The lowest BCUT2D eigenvalue weighted by Gasteiger charge is -2.23. The number of likely N-dealkylation sites (N-methyl/N-ethyl adjacent to an activating group) is 1. The van der Waals surface area contributed by atoms with Crippen LogP contribution in [0.3, 0.4) is 0 Å². The molecular weight excluding hydrogens is 357 g/mol. The highest BCUT2D eigenvalue weighted by Crippen LogP contribution is 2.21. The summed E-state index contributed by atoms with van der Waals surface area (Å²) in [6, 6.07) is 15.5. The van der Waals surface area contributed by atoms with E-state index in [0.29, 0.717) is 11.6 Å². The molecule has 0 saturated heterocycles. The van der Waals surface area contributed by atoms with Crippen LogP contribution in [0.25, 0.3) is 0 Å². The maximum atomic E-state index is 13.2. The van der Waals surface area contributed by atoms with Crippen LogP contribution < -0.4 is 10.6 Å². The number of amides is 2. The zero-order valence-corrected chi connectivity index (χ0v) is 16.6. The van der Waals surface area contributed by atoms with Gasteiger partial charge in [-0.25, -0.2) is 4.39 Å². The van der Waals surface area contributed by atoms with Crippen molar-refractivity contribution in [2.75, 3.05) is 25.5 Å². The lowest BCUT2D eigenvalue weighted by molar-refractivity contribution is -0.123. The highest BCUT2D eigenvalue weighted by molar-refractivity contribution is 5.92. The van der Waals surface area contributed by atoms with Gasteiger partial charge >= 0.3 is 0 Å². The molecule has 0 bridgehead atoms. The quantitative estimate of drug-likeness (QED) is 0.693. The predicted octanol–water partition coefficient (Wildman–Crippen LogP) is 3.60. The van der Waals surface area contributed by atoms with Gasteiger partial charge in [-0.15, -0.1) is 0 Å². The molecule has 0 aromatic heterocycles. The third-order valence-corrected chi connectivity index (χ3v) is 4.18. The van der Waals surface area contributed by atoms with Gasteiger partial charge in [0.15, 0.2) is 0 Å². The van der Waals surface area contributed by atoms with E-state index in [2.05, 4.69) is 24.5 Å². The molecular formula is C22H28FN3O2. The highest BCUT2D eigenvalue weighted by Gasteiger charge is 2.18. The van der Waals surface area contributed by atoms with Crippen LogP contribution in [-0.4, -0.2) is 36.9 Å². The van der Waals surface area contributed by atoms with Crippen LogP contribution in [-0.2, 0) is 9.59 Å². The minimum absolute atomic E-state index is 0.0319. The fraction of sp³-hybridized carbons (Fsp3) is 0.364. The van der Waals surface area contributed by atoms with Gasteiger partial charge in [0.2, 0.25) is 11.8 Å². The SMILES string of the molecule is CC(C)C[C@H](NC(=O)CN(C)CC(=O)Nc1cccc(F)c1)c1ccccc1. The van der Waals surface area contributed by atoms with Crippen molar-refractivity contribution < 1.29 is 14.0 Å². The second-order valence-electron chi connectivity index (χ2n) is 7.39. The minimum atomic E-state index is -0.414. The third-order valence-electron chi connectivity index (χ3n) is 4.18. The molecule has 2 aromatic carbocycles. The Kier molecular flexibility index (Phi) is 8.14. The van der Waals surface area contributed by atoms with Crippen LogP contribution >= 0.6 is 0 Å². The summed E-state index contributed by atoms with van der Waals surface area (Å²) < 4.78 is 13.2. The Bertz CT molecular complexity index is 780. The normalized spacial score (nSPS) is 12.1. The van der Waals surface area contributed by atoms with Crippen molar-refractivity contribution in [2.24, 2.45) is 5.92 Å². The van der Waals surface area contributed by atoms with E-state index in [9.17, 15) is 14.0 Å². The van der Waals surface area contributed by atoms with Gasteiger partial charge < -0.3 is 10.6 Å². The lowest BCUT2D eigenvalue weighted by atomic mass is 9.97. The molecule has 6 heteroatoms. The number of hydrogen-bond donors (Lipinski definition) is 2. The van der Waals surface area contributed by atoms with Gasteiger partial charge in [0.05, 0.1) is 19.1 Å². The summed E-state index contributed by atoms with van der Waals surface area (Å²) in [6.07, 6.45) is 0.833. The van der Waals surface area contributed by atoms with E-state index < -0.39 is 5.82 Å². The largest absolute Gasteiger partial charge is 0.348 e. The number of benzene rings is 2. The van der Waals surface area contributed by atoms with Gasteiger partial charge in [0.1, 0.15) is 5.82 Å². The Balaban J connectivity index is 1.87. The lowest BCUT2D eigenvalue weighted by Crippen LogP contribution is -2.40. The molecule has 0 aliphatic carbocycles. The molecule has 2 rings (SSSR count). The van der Waals surface area contributed by atoms with E-state index in [1.165, 1.54) is 18.2 Å². The summed E-state index contributed by atoms with van der Waals surface area (Å²) in [5, 5.41) is 5.69. The first-order valence-electron chi connectivity index (χ1n) is 9.41. The fourth-order valence-electron chi connectivity index (χ4n) is 2.99. The van der Waals surface area contributed by atoms with Crippen molar-refractivity contribution in [1.29, 1.82) is 0 Å². The molecule has 0 radical (unpaired) electrons. The van der Waals surface area contributed by atoms with Crippen LogP contribution in [0, 0.1) is 11.7 Å². The summed E-state index contributed by atoms with van der Waals surface area (Å²) in [6.45, 7) is 4.36. The Morgan fingerprint density at radius 1 is 1.00 bits per heavy atom. The number of rotatable bonds is 9. The number of carbonyl (C=O) groups is 2. The Labute approximate surface area is 165 Å². The molecule has 0 aliphatic heterocycles. The van der Waals surface area contributed by atoms with Gasteiger partial charge in [-0.05, 0) is 43.1 Å². The minimum Gasteiger partial charge on any atom is -0.348 e. The summed E-state index contributed by atoms with van der Waals surface area (Å²) >= 11 is 0. The number of nitrogens with one attached hydrogen (secondary N) is 2. The van der Waals surface area contributed by atoms with Crippen LogP contribution in [0.15, 0.2) is 54.6 Å². The average Bonchev–Trinajstić information content (AvgIpc) is 2.61. The molecule has 2 aromatic rings. The van der Waals surface area contributed by atoms with E-state index in [1.807, 2.05) is 30.3 Å². The molecule has 150 valence electrons. The molecule has 2 amide bonds. The zero-order valence-electron chi connectivity index (χ0n) is 16.6. The topological polar surface area (TPSA) is 61.4 Å². The standard InChI is InChI=1S/C22H28FN3O2/c1-16(2)12-20(17-8-5-4-6-9-17)25-22(28)15-26(3)14-21(27)24-19-11-7-10-18(23)13-19/h4-11,13,16,20H,12,14-15H2,1-3H3,(H,24,27)(H,25,28)/t20-/m0/s1. The first-order chi connectivity index (χ1) is 13.3.